The van der Waals surface area contributed by atoms with Crippen LogP contribution in [0, 0.1) is 10.1 Å². The van der Waals surface area contributed by atoms with Crippen molar-refractivity contribution in [2.75, 3.05) is 5.32 Å². The summed E-state index contributed by atoms with van der Waals surface area (Å²) in [4.78, 5) is 41.8. The third kappa shape index (κ3) is 3.99. The zero-order chi connectivity index (χ0) is 22.1. The normalized spacial score (nSPS) is 11.1. The molecule has 12 nitrogen and oxygen atoms in total. The second-order valence-corrected chi connectivity index (χ2v) is 6.80. The van der Waals surface area contributed by atoms with Crippen LogP contribution in [0.25, 0.3) is 17.4 Å². The Morgan fingerprint density at radius 1 is 1.29 bits per heavy atom. The molecule has 0 fully saturated rings. The lowest BCUT2D eigenvalue weighted by Crippen LogP contribution is -2.19. The molecule has 0 atom stereocenters. The minimum Gasteiger partial charge on any atom is -0.463 e. The van der Waals surface area contributed by atoms with E-state index in [1.165, 1.54) is 29.1 Å². The summed E-state index contributed by atoms with van der Waals surface area (Å²) in [5.74, 6) is -0.966. The molecule has 0 aliphatic rings. The Morgan fingerprint density at radius 2 is 2.10 bits per heavy atom. The van der Waals surface area contributed by atoms with Gasteiger partial charge in [0.05, 0.1) is 18.0 Å². The number of carbonyl (C=O) groups is 1. The number of furan rings is 2. The van der Waals surface area contributed by atoms with Crippen molar-refractivity contribution in [1.82, 2.24) is 19.7 Å². The first-order valence-corrected chi connectivity index (χ1v) is 9.13. The van der Waals surface area contributed by atoms with E-state index in [0.717, 1.165) is 6.07 Å². The minimum absolute atomic E-state index is 0.0251. The van der Waals surface area contributed by atoms with Gasteiger partial charge in [-0.2, -0.15) is 9.78 Å². The number of hydrogen-bond donors (Lipinski definition) is 2. The molecular formula is C19H16N6O6. The number of nitrogens with zero attached hydrogens (tertiary/aromatic N) is 4. The minimum atomic E-state index is -0.748. The van der Waals surface area contributed by atoms with Crippen molar-refractivity contribution in [3.05, 3.63) is 74.6 Å². The SMILES string of the molecule is CC(C)c1cc(=O)[nH]c(-n2nc(-c3ccco3)cc2NC(=O)c2ccc([N+](=O)[O-])o2)n1. The summed E-state index contributed by atoms with van der Waals surface area (Å²) < 4.78 is 11.5. The smallest absolute Gasteiger partial charge is 0.433 e. The standard InChI is InChI=1S/C19H16N6O6/c1-10(2)11-9-16(26)22-19(20-11)24-15(8-12(23-24)13-4-3-7-30-13)21-18(27)14-5-6-17(31-14)25(28)29/h3-10H,1-2H3,(H,21,27)(H,20,22,26). The maximum Gasteiger partial charge on any atom is 0.433 e. The second kappa shape index (κ2) is 7.74. The van der Waals surface area contributed by atoms with E-state index in [-0.39, 0.29) is 29.0 Å². The molecule has 0 saturated heterocycles. The van der Waals surface area contributed by atoms with Crippen molar-refractivity contribution < 1.29 is 18.6 Å². The van der Waals surface area contributed by atoms with E-state index in [9.17, 15) is 19.7 Å². The van der Waals surface area contributed by atoms with E-state index < -0.39 is 16.7 Å². The van der Waals surface area contributed by atoms with Crippen molar-refractivity contribution in [2.24, 2.45) is 0 Å². The van der Waals surface area contributed by atoms with Crippen molar-refractivity contribution >= 4 is 17.6 Å². The van der Waals surface area contributed by atoms with Crippen molar-refractivity contribution in [2.45, 2.75) is 19.8 Å². The first kappa shape index (κ1) is 19.8. The number of amides is 1. The van der Waals surface area contributed by atoms with E-state index in [1.54, 1.807) is 12.1 Å². The van der Waals surface area contributed by atoms with Gasteiger partial charge in [0.1, 0.15) is 16.4 Å². The fourth-order valence-electron chi connectivity index (χ4n) is 2.76. The summed E-state index contributed by atoms with van der Waals surface area (Å²) in [5.41, 5.74) is 0.513. The number of anilines is 1. The molecule has 0 radical (unpaired) electrons. The van der Waals surface area contributed by atoms with Crippen LogP contribution >= 0.6 is 0 Å². The van der Waals surface area contributed by atoms with E-state index in [4.69, 9.17) is 8.83 Å². The number of hydrogen-bond acceptors (Lipinski definition) is 8. The monoisotopic (exact) mass is 424 g/mol. The number of aromatic nitrogens is 4. The summed E-state index contributed by atoms with van der Waals surface area (Å²) in [6, 6.07) is 8.50. The number of H-pyrrole nitrogens is 1. The van der Waals surface area contributed by atoms with Crippen LogP contribution in [0.3, 0.4) is 0 Å². The van der Waals surface area contributed by atoms with E-state index in [2.05, 4.69) is 20.4 Å². The Hall–Kier alpha value is -4.48. The Balaban J connectivity index is 1.77. The molecule has 1 amide bonds. The fraction of sp³-hybridized carbons (Fsp3) is 0.158. The molecule has 31 heavy (non-hydrogen) atoms. The quantitative estimate of drug-likeness (QED) is 0.352. The molecular weight excluding hydrogens is 408 g/mol. The molecule has 0 unspecified atom stereocenters. The molecule has 0 saturated carbocycles. The topological polar surface area (TPSA) is 162 Å². The molecule has 0 aliphatic heterocycles. The number of nitro groups is 1. The molecule has 2 N–H and O–H groups in total. The Labute approximate surface area is 173 Å². The average Bonchev–Trinajstić information content (AvgIpc) is 3.47. The van der Waals surface area contributed by atoms with Gasteiger partial charge in [-0.1, -0.05) is 13.8 Å². The zero-order valence-corrected chi connectivity index (χ0v) is 16.4. The van der Waals surface area contributed by atoms with Gasteiger partial charge in [0.25, 0.3) is 11.5 Å². The van der Waals surface area contributed by atoms with Crippen LogP contribution in [0.4, 0.5) is 11.7 Å². The first-order chi connectivity index (χ1) is 14.8. The summed E-state index contributed by atoms with van der Waals surface area (Å²) >= 11 is 0. The summed E-state index contributed by atoms with van der Waals surface area (Å²) in [7, 11) is 0. The van der Waals surface area contributed by atoms with Gasteiger partial charge >= 0.3 is 5.88 Å². The molecule has 4 rings (SSSR count). The van der Waals surface area contributed by atoms with Crippen molar-refractivity contribution in [1.29, 1.82) is 0 Å². The highest BCUT2D eigenvalue weighted by Crippen LogP contribution is 2.25. The number of carbonyl (C=O) groups excluding carboxylic acids is 1. The Kier molecular flexibility index (Phi) is 4.95. The maximum absolute atomic E-state index is 12.6. The summed E-state index contributed by atoms with van der Waals surface area (Å²) in [5, 5.41) is 17.8. The van der Waals surface area contributed by atoms with Gasteiger partial charge in [0.2, 0.25) is 5.95 Å². The third-order valence-electron chi connectivity index (χ3n) is 4.26. The van der Waals surface area contributed by atoms with Crippen molar-refractivity contribution in [3.63, 3.8) is 0 Å². The van der Waals surface area contributed by atoms with Crippen LogP contribution in [0.1, 0.15) is 36.0 Å². The van der Waals surface area contributed by atoms with Gasteiger partial charge in [-0.25, -0.2) is 4.98 Å². The lowest BCUT2D eigenvalue weighted by Gasteiger charge is -2.09. The van der Waals surface area contributed by atoms with Crippen molar-refractivity contribution in [3.8, 4) is 17.4 Å². The molecule has 0 bridgehead atoms. The zero-order valence-electron chi connectivity index (χ0n) is 16.4. The lowest BCUT2D eigenvalue weighted by molar-refractivity contribution is -0.402. The number of aromatic amines is 1. The highest BCUT2D eigenvalue weighted by atomic mass is 16.6. The van der Waals surface area contributed by atoms with Crippen LogP contribution < -0.4 is 10.9 Å². The highest BCUT2D eigenvalue weighted by Gasteiger charge is 2.21. The second-order valence-electron chi connectivity index (χ2n) is 6.80. The largest absolute Gasteiger partial charge is 0.463 e. The Bertz CT molecular complexity index is 1310. The predicted molar refractivity (Wildman–Crippen MR) is 107 cm³/mol. The van der Waals surface area contributed by atoms with Crippen LogP contribution in [0.2, 0.25) is 0 Å². The number of nitrogens with one attached hydrogen (secondary N) is 2. The van der Waals surface area contributed by atoms with Crippen LogP contribution in [0.15, 0.2) is 56.3 Å². The van der Waals surface area contributed by atoms with Gasteiger partial charge in [-0.3, -0.25) is 24.7 Å². The molecule has 4 heterocycles. The van der Waals surface area contributed by atoms with E-state index in [0.29, 0.717) is 17.1 Å². The molecule has 4 aromatic heterocycles. The summed E-state index contributed by atoms with van der Waals surface area (Å²) in [6.45, 7) is 3.77. The fourth-order valence-corrected chi connectivity index (χ4v) is 2.76. The molecule has 0 aromatic carbocycles. The number of rotatable bonds is 6. The van der Waals surface area contributed by atoms with Gasteiger partial charge in [0.15, 0.2) is 11.5 Å². The van der Waals surface area contributed by atoms with Crippen LogP contribution in [-0.4, -0.2) is 30.6 Å². The van der Waals surface area contributed by atoms with E-state index in [1.807, 2.05) is 13.8 Å². The van der Waals surface area contributed by atoms with Crippen LogP contribution in [0.5, 0.6) is 0 Å². The molecule has 0 aliphatic carbocycles. The highest BCUT2D eigenvalue weighted by molar-refractivity contribution is 6.02. The molecule has 12 heteroatoms. The average molecular weight is 424 g/mol. The Morgan fingerprint density at radius 3 is 2.74 bits per heavy atom. The first-order valence-electron chi connectivity index (χ1n) is 9.13. The van der Waals surface area contributed by atoms with Gasteiger partial charge < -0.3 is 14.2 Å². The van der Waals surface area contributed by atoms with E-state index >= 15 is 0 Å². The van der Waals surface area contributed by atoms with Gasteiger partial charge in [-0.15, -0.1) is 0 Å². The predicted octanol–water partition coefficient (Wildman–Crippen LogP) is 3.09. The maximum atomic E-state index is 12.6. The molecule has 158 valence electrons. The van der Waals surface area contributed by atoms with Crippen LogP contribution in [-0.2, 0) is 0 Å². The molecule has 4 aromatic rings. The van der Waals surface area contributed by atoms with Gasteiger partial charge in [-0.05, 0) is 24.1 Å². The third-order valence-corrected chi connectivity index (χ3v) is 4.26. The lowest BCUT2D eigenvalue weighted by atomic mass is 10.1. The summed E-state index contributed by atoms with van der Waals surface area (Å²) in [6.07, 6.45) is 1.47. The molecule has 0 spiro atoms. The van der Waals surface area contributed by atoms with Gasteiger partial charge in [0, 0.05) is 12.1 Å².